The number of thiophene rings is 1. The number of nitrogens with one attached hydrogen (secondary N) is 1. The summed E-state index contributed by atoms with van der Waals surface area (Å²) in [6, 6.07) is 6.75. The molecule has 0 saturated carbocycles. The van der Waals surface area contributed by atoms with Gasteiger partial charge < -0.3 is 4.42 Å². The van der Waals surface area contributed by atoms with Crippen molar-refractivity contribution in [2.45, 2.75) is 13.5 Å². The third-order valence-corrected chi connectivity index (χ3v) is 4.45. The summed E-state index contributed by atoms with van der Waals surface area (Å²) in [5.41, 5.74) is 2.22. The molecule has 0 aliphatic carbocycles. The molecule has 4 aromatic heterocycles. The maximum atomic E-state index is 12.5. The van der Waals surface area contributed by atoms with Crippen LogP contribution in [0.3, 0.4) is 0 Å². The fraction of sp³-hybridized carbons (Fsp3) is 0.125. The summed E-state index contributed by atoms with van der Waals surface area (Å²) in [4.78, 5) is 29.8. The van der Waals surface area contributed by atoms with Gasteiger partial charge in [-0.2, -0.15) is 5.10 Å². The molecule has 0 bridgehead atoms. The Balaban J connectivity index is 1.58. The highest BCUT2D eigenvalue weighted by Gasteiger charge is 2.16. The third kappa shape index (κ3) is 2.85. The van der Waals surface area contributed by atoms with Gasteiger partial charge in [0.1, 0.15) is 16.4 Å². The number of fused-ring (bicyclic) bond motifs is 1. The van der Waals surface area contributed by atoms with Crippen molar-refractivity contribution in [3.8, 4) is 0 Å². The molecule has 0 fully saturated rings. The molecule has 0 radical (unpaired) electrons. The molecule has 0 unspecified atom stereocenters. The zero-order valence-electron chi connectivity index (χ0n) is 13.2. The highest BCUT2D eigenvalue weighted by molar-refractivity contribution is 7.16. The summed E-state index contributed by atoms with van der Waals surface area (Å²) < 4.78 is 8.35. The molecule has 9 heteroatoms. The van der Waals surface area contributed by atoms with Gasteiger partial charge in [-0.1, -0.05) is 0 Å². The van der Waals surface area contributed by atoms with E-state index in [0.29, 0.717) is 28.3 Å². The van der Waals surface area contributed by atoms with Crippen LogP contribution in [-0.4, -0.2) is 25.3 Å². The standard InChI is InChI=1S/C16H13N5O3S/c1-10-18-15-12(5-8-25-15)16(23)21(10)19-14(22)13-4-3-11(24-13)9-20-7-2-6-17-20/h2-8H,9H2,1H3,(H,19,22). The van der Waals surface area contributed by atoms with Crippen LogP contribution in [-0.2, 0) is 6.54 Å². The molecule has 4 heterocycles. The third-order valence-electron chi connectivity index (χ3n) is 3.64. The number of carbonyl (C=O) groups excluding carboxylic acids is 1. The van der Waals surface area contributed by atoms with E-state index in [4.69, 9.17) is 4.42 Å². The second-order valence-corrected chi connectivity index (χ2v) is 6.24. The number of rotatable bonds is 4. The fourth-order valence-electron chi connectivity index (χ4n) is 2.44. The lowest BCUT2D eigenvalue weighted by Gasteiger charge is -2.09. The highest BCUT2D eigenvalue weighted by atomic mass is 32.1. The number of aromatic nitrogens is 4. The summed E-state index contributed by atoms with van der Waals surface area (Å²) in [5.74, 6) is 0.577. The fourth-order valence-corrected chi connectivity index (χ4v) is 3.24. The first-order valence-electron chi connectivity index (χ1n) is 7.46. The normalized spacial score (nSPS) is 11.1. The molecule has 0 spiro atoms. The number of nitrogens with zero attached hydrogens (tertiary/aromatic N) is 4. The number of carbonyl (C=O) groups is 1. The highest BCUT2D eigenvalue weighted by Crippen LogP contribution is 2.15. The molecule has 126 valence electrons. The Hall–Kier alpha value is -3.20. The minimum absolute atomic E-state index is 0.110. The van der Waals surface area contributed by atoms with Gasteiger partial charge in [-0.3, -0.25) is 19.7 Å². The first-order valence-corrected chi connectivity index (χ1v) is 8.34. The minimum Gasteiger partial charge on any atom is -0.454 e. The van der Waals surface area contributed by atoms with Gasteiger partial charge in [0.25, 0.3) is 5.56 Å². The Morgan fingerprint density at radius 3 is 3.04 bits per heavy atom. The number of amides is 1. The van der Waals surface area contributed by atoms with Crippen LogP contribution in [0.25, 0.3) is 10.2 Å². The van der Waals surface area contributed by atoms with Gasteiger partial charge in [0.05, 0.1) is 11.9 Å². The van der Waals surface area contributed by atoms with Gasteiger partial charge >= 0.3 is 5.91 Å². The SMILES string of the molecule is Cc1nc2sccc2c(=O)n1NC(=O)c1ccc(Cn2cccn2)o1. The zero-order chi connectivity index (χ0) is 17.4. The van der Waals surface area contributed by atoms with Crippen molar-refractivity contribution in [2.24, 2.45) is 0 Å². The Morgan fingerprint density at radius 1 is 1.36 bits per heavy atom. The van der Waals surface area contributed by atoms with Crippen LogP contribution >= 0.6 is 11.3 Å². The van der Waals surface area contributed by atoms with E-state index in [2.05, 4.69) is 15.5 Å². The molecule has 1 N–H and O–H groups in total. The minimum atomic E-state index is -0.520. The van der Waals surface area contributed by atoms with Crippen molar-refractivity contribution >= 4 is 27.5 Å². The van der Waals surface area contributed by atoms with Crippen LogP contribution < -0.4 is 11.0 Å². The molecule has 0 aromatic carbocycles. The number of hydrogen-bond acceptors (Lipinski definition) is 6. The first kappa shape index (κ1) is 15.3. The Bertz CT molecular complexity index is 1110. The van der Waals surface area contributed by atoms with Crippen LogP contribution in [0.5, 0.6) is 0 Å². The van der Waals surface area contributed by atoms with Crippen molar-refractivity contribution in [2.75, 3.05) is 5.43 Å². The number of furan rings is 1. The van der Waals surface area contributed by atoms with Gasteiger partial charge in [0, 0.05) is 12.4 Å². The molecule has 0 aliphatic rings. The molecule has 8 nitrogen and oxygen atoms in total. The van der Waals surface area contributed by atoms with Crippen LogP contribution in [0.4, 0.5) is 0 Å². The summed E-state index contributed by atoms with van der Waals surface area (Å²) in [5, 5.41) is 6.34. The maximum absolute atomic E-state index is 12.5. The van der Waals surface area contributed by atoms with E-state index in [0.717, 1.165) is 4.68 Å². The summed E-state index contributed by atoms with van der Waals surface area (Å²) in [7, 11) is 0. The molecule has 0 atom stereocenters. The van der Waals surface area contributed by atoms with Gasteiger partial charge in [-0.15, -0.1) is 11.3 Å². The molecule has 4 rings (SSSR count). The predicted octanol–water partition coefficient (Wildman–Crippen LogP) is 1.99. The van der Waals surface area contributed by atoms with Crippen molar-refractivity contribution in [3.05, 3.63) is 69.7 Å². The zero-order valence-corrected chi connectivity index (χ0v) is 14.0. The Morgan fingerprint density at radius 2 is 2.24 bits per heavy atom. The summed E-state index contributed by atoms with van der Waals surface area (Å²) in [6.07, 6.45) is 3.46. The number of aryl methyl sites for hydroxylation is 1. The summed E-state index contributed by atoms with van der Waals surface area (Å²) in [6.45, 7) is 2.08. The van der Waals surface area contributed by atoms with Crippen LogP contribution in [0.1, 0.15) is 22.1 Å². The largest absolute Gasteiger partial charge is 0.454 e. The van der Waals surface area contributed by atoms with Gasteiger partial charge in [0.2, 0.25) is 0 Å². The van der Waals surface area contributed by atoms with E-state index < -0.39 is 5.91 Å². The average Bonchev–Trinajstić information content (AvgIpc) is 3.32. The van der Waals surface area contributed by atoms with Crippen molar-refractivity contribution in [1.82, 2.24) is 19.4 Å². The summed E-state index contributed by atoms with van der Waals surface area (Å²) >= 11 is 1.38. The van der Waals surface area contributed by atoms with Gasteiger partial charge in [-0.05, 0) is 36.6 Å². The topological polar surface area (TPSA) is 95.0 Å². The quantitative estimate of drug-likeness (QED) is 0.604. The van der Waals surface area contributed by atoms with E-state index in [1.165, 1.54) is 11.3 Å². The van der Waals surface area contributed by atoms with E-state index >= 15 is 0 Å². The molecule has 0 saturated heterocycles. The molecule has 1 amide bonds. The first-order chi connectivity index (χ1) is 12.1. The second kappa shape index (κ2) is 6.02. The molecule has 0 aliphatic heterocycles. The molecular weight excluding hydrogens is 342 g/mol. The van der Waals surface area contributed by atoms with Crippen molar-refractivity contribution < 1.29 is 9.21 Å². The van der Waals surface area contributed by atoms with Gasteiger partial charge in [-0.25, -0.2) is 9.66 Å². The lowest BCUT2D eigenvalue weighted by atomic mass is 10.4. The van der Waals surface area contributed by atoms with E-state index in [1.54, 1.807) is 53.6 Å². The lowest BCUT2D eigenvalue weighted by Crippen LogP contribution is -2.35. The van der Waals surface area contributed by atoms with E-state index in [-0.39, 0.29) is 11.3 Å². The smallest absolute Gasteiger partial charge is 0.305 e. The molecular formula is C16H13N5O3S. The monoisotopic (exact) mass is 355 g/mol. The molecule has 25 heavy (non-hydrogen) atoms. The van der Waals surface area contributed by atoms with Gasteiger partial charge in [0.15, 0.2) is 5.76 Å². The van der Waals surface area contributed by atoms with Crippen LogP contribution in [0.15, 0.2) is 51.3 Å². The Kier molecular flexibility index (Phi) is 3.69. The second-order valence-electron chi connectivity index (χ2n) is 5.35. The lowest BCUT2D eigenvalue weighted by molar-refractivity contribution is 0.0978. The number of hydrogen-bond donors (Lipinski definition) is 1. The Labute approximate surface area is 145 Å². The van der Waals surface area contributed by atoms with Crippen molar-refractivity contribution in [3.63, 3.8) is 0 Å². The predicted molar refractivity (Wildman–Crippen MR) is 92.3 cm³/mol. The molecule has 4 aromatic rings. The van der Waals surface area contributed by atoms with E-state index in [9.17, 15) is 9.59 Å². The maximum Gasteiger partial charge on any atom is 0.305 e. The van der Waals surface area contributed by atoms with Crippen molar-refractivity contribution in [1.29, 1.82) is 0 Å². The average molecular weight is 355 g/mol. The van der Waals surface area contributed by atoms with E-state index in [1.807, 2.05) is 0 Å². The van der Waals surface area contributed by atoms with Crippen LogP contribution in [0.2, 0.25) is 0 Å². The van der Waals surface area contributed by atoms with Crippen LogP contribution in [0, 0.1) is 6.92 Å².